The van der Waals surface area contributed by atoms with Crippen LogP contribution in [-0.2, 0) is 14.3 Å². The number of benzene rings is 1. The van der Waals surface area contributed by atoms with E-state index in [0.717, 1.165) is 11.4 Å². The minimum Gasteiger partial charge on any atom is -0.469 e. The Kier molecular flexibility index (Phi) is 3.27. The van der Waals surface area contributed by atoms with Crippen LogP contribution in [0.25, 0.3) is 0 Å². The fourth-order valence-corrected chi connectivity index (χ4v) is 1.76. The van der Waals surface area contributed by atoms with Gasteiger partial charge in [-0.3, -0.25) is 9.59 Å². The van der Waals surface area contributed by atoms with Crippen molar-refractivity contribution in [3.05, 3.63) is 24.3 Å². The molecular weight excluding hydrogens is 220 g/mol. The highest BCUT2D eigenvalue weighted by molar-refractivity contribution is 5.98. The number of hydrogen-bond donors (Lipinski definition) is 2. The topological polar surface area (TPSA) is 67.4 Å². The SMILES string of the molecule is COC(=O)CC1CNc2ccccc2NC1=O. The number of methoxy groups -OCH3 is 1. The highest BCUT2D eigenvalue weighted by atomic mass is 16.5. The average molecular weight is 234 g/mol. The number of esters is 1. The summed E-state index contributed by atoms with van der Waals surface area (Å²) in [5.74, 6) is -0.944. The second kappa shape index (κ2) is 4.86. The average Bonchev–Trinajstić information content (AvgIpc) is 2.49. The quantitative estimate of drug-likeness (QED) is 0.755. The molecular formula is C12H14N2O3. The van der Waals surface area contributed by atoms with Crippen molar-refractivity contribution in [2.45, 2.75) is 6.42 Å². The maximum absolute atomic E-state index is 11.9. The van der Waals surface area contributed by atoms with Gasteiger partial charge in [0.2, 0.25) is 5.91 Å². The molecule has 1 amide bonds. The Hall–Kier alpha value is -2.04. The summed E-state index contributed by atoms with van der Waals surface area (Å²) in [4.78, 5) is 23.1. The summed E-state index contributed by atoms with van der Waals surface area (Å²) in [5.41, 5.74) is 1.61. The number of carbonyl (C=O) groups excluding carboxylic acids is 2. The predicted octanol–water partition coefficient (Wildman–Crippen LogP) is 1.23. The monoisotopic (exact) mass is 234 g/mol. The summed E-state index contributed by atoms with van der Waals surface area (Å²) in [6.07, 6.45) is 0.0866. The van der Waals surface area contributed by atoms with Crippen LogP contribution in [0.2, 0.25) is 0 Å². The molecule has 5 heteroatoms. The van der Waals surface area contributed by atoms with E-state index in [9.17, 15) is 9.59 Å². The van der Waals surface area contributed by atoms with Gasteiger partial charge in [-0.1, -0.05) is 12.1 Å². The fourth-order valence-electron chi connectivity index (χ4n) is 1.76. The molecule has 0 spiro atoms. The number of fused-ring (bicyclic) bond motifs is 1. The van der Waals surface area contributed by atoms with Crippen LogP contribution in [0.15, 0.2) is 24.3 Å². The number of ether oxygens (including phenoxy) is 1. The molecule has 2 N–H and O–H groups in total. The Balaban J connectivity index is 2.12. The molecule has 1 heterocycles. The molecule has 1 aliphatic rings. The largest absolute Gasteiger partial charge is 0.469 e. The van der Waals surface area contributed by atoms with E-state index in [1.54, 1.807) is 0 Å². The molecule has 1 aromatic carbocycles. The van der Waals surface area contributed by atoms with E-state index in [-0.39, 0.29) is 18.3 Å². The third-order valence-electron chi connectivity index (χ3n) is 2.74. The smallest absolute Gasteiger partial charge is 0.306 e. The molecule has 0 fully saturated rings. The zero-order valence-corrected chi connectivity index (χ0v) is 9.53. The number of amides is 1. The van der Waals surface area contributed by atoms with E-state index in [4.69, 9.17) is 0 Å². The Morgan fingerprint density at radius 3 is 2.82 bits per heavy atom. The van der Waals surface area contributed by atoms with Gasteiger partial charge < -0.3 is 15.4 Å². The molecule has 1 unspecified atom stereocenters. The fraction of sp³-hybridized carbons (Fsp3) is 0.333. The van der Waals surface area contributed by atoms with Crippen molar-refractivity contribution in [1.29, 1.82) is 0 Å². The second-order valence-electron chi connectivity index (χ2n) is 3.89. The third-order valence-corrected chi connectivity index (χ3v) is 2.74. The minimum atomic E-state index is -0.408. The maximum atomic E-state index is 11.9. The van der Waals surface area contributed by atoms with Gasteiger partial charge in [0.15, 0.2) is 0 Å². The lowest BCUT2D eigenvalue weighted by Crippen LogP contribution is -2.28. The molecule has 1 aliphatic heterocycles. The number of para-hydroxylation sites is 2. The van der Waals surface area contributed by atoms with Gasteiger partial charge >= 0.3 is 5.97 Å². The van der Waals surface area contributed by atoms with E-state index >= 15 is 0 Å². The van der Waals surface area contributed by atoms with Crippen LogP contribution in [0, 0.1) is 5.92 Å². The van der Waals surface area contributed by atoms with E-state index in [1.807, 2.05) is 24.3 Å². The summed E-state index contributed by atoms with van der Waals surface area (Å²) >= 11 is 0. The molecule has 5 nitrogen and oxygen atoms in total. The van der Waals surface area contributed by atoms with Gasteiger partial charge in [0.25, 0.3) is 0 Å². The Morgan fingerprint density at radius 2 is 2.12 bits per heavy atom. The van der Waals surface area contributed by atoms with Crippen LogP contribution in [0.4, 0.5) is 11.4 Å². The van der Waals surface area contributed by atoms with Crippen molar-refractivity contribution in [1.82, 2.24) is 0 Å². The van der Waals surface area contributed by atoms with E-state index < -0.39 is 5.92 Å². The number of nitrogens with one attached hydrogen (secondary N) is 2. The van der Waals surface area contributed by atoms with Gasteiger partial charge in [-0.2, -0.15) is 0 Å². The first-order valence-corrected chi connectivity index (χ1v) is 5.41. The Labute approximate surface area is 99.2 Å². The van der Waals surface area contributed by atoms with Gasteiger partial charge in [-0.05, 0) is 12.1 Å². The summed E-state index contributed by atoms with van der Waals surface area (Å²) < 4.78 is 4.57. The number of anilines is 2. The minimum absolute atomic E-state index is 0.0866. The van der Waals surface area contributed by atoms with E-state index in [2.05, 4.69) is 15.4 Å². The van der Waals surface area contributed by atoms with Crippen LogP contribution in [0.1, 0.15) is 6.42 Å². The van der Waals surface area contributed by atoms with Crippen LogP contribution in [0.3, 0.4) is 0 Å². The lowest BCUT2D eigenvalue weighted by atomic mass is 10.1. The van der Waals surface area contributed by atoms with Gasteiger partial charge in [-0.15, -0.1) is 0 Å². The molecule has 1 atom stereocenters. The normalized spacial score (nSPS) is 18.4. The first-order chi connectivity index (χ1) is 8.20. The zero-order chi connectivity index (χ0) is 12.3. The summed E-state index contributed by atoms with van der Waals surface area (Å²) in [6.45, 7) is 0.429. The highest BCUT2D eigenvalue weighted by Gasteiger charge is 2.25. The number of carbonyl (C=O) groups is 2. The van der Waals surface area contributed by atoms with Crippen molar-refractivity contribution >= 4 is 23.3 Å². The van der Waals surface area contributed by atoms with Crippen molar-refractivity contribution < 1.29 is 14.3 Å². The molecule has 0 bridgehead atoms. The van der Waals surface area contributed by atoms with Crippen molar-refractivity contribution in [3.8, 4) is 0 Å². The summed E-state index contributed by atoms with van der Waals surface area (Å²) in [6, 6.07) is 7.44. The molecule has 0 radical (unpaired) electrons. The van der Waals surface area contributed by atoms with Gasteiger partial charge in [0.05, 0.1) is 30.8 Å². The molecule has 1 aromatic rings. The van der Waals surface area contributed by atoms with Crippen LogP contribution < -0.4 is 10.6 Å². The molecule has 2 rings (SSSR count). The highest BCUT2D eigenvalue weighted by Crippen LogP contribution is 2.25. The third kappa shape index (κ3) is 2.55. The van der Waals surface area contributed by atoms with Crippen LogP contribution in [-0.4, -0.2) is 25.5 Å². The van der Waals surface area contributed by atoms with Gasteiger partial charge in [0.1, 0.15) is 0 Å². The Morgan fingerprint density at radius 1 is 1.41 bits per heavy atom. The predicted molar refractivity (Wildman–Crippen MR) is 63.7 cm³/mol. The number of rotatable bonds is 2. The summed E-state index contributed by atoms with van der Waals surface area (Å²) in [5, 5.41) is 5.94. The Bertz CT molecular complexity index is 445. The number of hydrogen-bond acceptors (Lipinski definition) is 4. The van der Waals surface area contributed by atoms with Crippen LogP contribution in [0.5, 0.6) is 0 Å². The molecule has 0 saturated heterocycles. The molecule has 0 aliphatic carbocycles. The molecule has 0 aromatic heterocycles. The molecule has 90 valence electrons. The lowest BCUT2D eigenvalue weighted by molar-refractivity contribution is -0.143. The zero-order valence-electron chi connectivity index (χ0n) is 9.53. The van der Waals surface area contributed by atoms with Crippen LogP contribution >= 0.6 is 0 Å². The standard InChI is InChI=1S/C12H14N2O3/c1-17-11(15)6-8-7-13-9-4-2-3-5-10(9)14-12(8)16/h2-5,8,13H,6-7H2,1H3,(H,14,16). The lowest BCUT2D eigenvalue weighted by Gasteiger charge is -2.11. The van der Waals surface area contributed by atoms with Gasteiger partial charge in [-0.25, -0.2) is 0 Å². The van der Waals surface area contributed by atoms with E-state index in [1.165, 1.54) is 7.11 Å². The maximum Gasteiger partial charge on any atom is 0.306 e. The van der Waals surface area contributed by atoms with Crippen molar-refractivity contribution in [2.24, 2.45) is 5.92 Å². The van der Waals surface area contributed by atoms with E-state index in [0.29, 0.717) is 6.54 Å². The molecule has 17 heavy (non-hydrogen) atoms. The van der Waals surface area contributed by atoms with Crippen molar-refractivity contribution in [3.63, 3.8) is 0 Å². The molecule has 0 saturated carbocycles. The second-order valence-corrected chi connectivity index (χ2v) is 3.89. The summed E-state index contributed by atoms with van der Waals surface area (Å²) in [7, 11) is 1.32. The first kappa shape index (κ1) is 11.4. The van der Waals surface area contributed by atoms with Gasteiger partial charge in [0, 0.05) is 6.54 Å². The van der Waals surface area contributed by atoms with Crippen molar-refractivity contribution in [2.75, 3.05) is 24.3 Å². The first-order valence-electron chi connectivity index (χ1n) is 5.41.